The second-order valence-corrected chi connectivity index (χ2v) is 5.43. The highest BCUT2D eigenvalue weighted by atomic mass is 16.5. The number of nitriles is 1. The smallest absolute Gasteiger partial charge is 0.186 e. The number of aromatic nitrogens is 2. The average molecular weight is 304 g/mol. The van der Waals surface area contributed by atoms with E-state index in [9.17, 15) is 5.26 Å². The molecule has 3 aromatic rings. The van der Waals surface area contributed by atoms with Gasteiger partial charge in [0.1, 0.15) is 17.6 Å². The molecule has 1 aromatic heterocycles. The van der Waals surface area contributed by atoms with Crippen LogP contribution in [-0.4, -0.2) is 16.2 Å². The Morgan fingerprint density at radius 1 is 1.04 bits per heavy atom. The number of fused-ring (bicyclic) bond motifs is 1. The number of nitrogens with zero attached hydrogens (tertiary/aromatic N) is 3. The number of benzene rings is 2. The van der Waals surface area contributed by atoms with Crippen molar-refractivity contribution in [3.8, 4) is 17.6 Å². The van der Waals surface area contributed by atoms with Crippen LogP contribution in [0, 0.1) is 11.3 Å². The minimum Gasteiger partial charge on any atom is -0.457 e. The molecule has 0 amide bonds. The first kappa shape index (κ1) is 14.8. The quantitative estimate of drug-likeness (QED) is 0.785. The maximum absolute atomic E-state index is 9.22. The van der Waals surface area contributed by atoms with E-state index in [0.717, 1.165) is 11.1 Å². The Morgan fingerprint density at radius 3 is 2.52 bits per heavy atom. The third kappa shape index (κ3) is 3.22. The predicted octanol–water partition coefficient (Wildman–Crippen LogP) is 4.11. The first-order valence-electron chi connectivity index (χ1n) is 7.37. The van der Waals surface area contributed by atoms with Gasteiger partial charge in [-0.05, 0) is 38.1 Å². The lowest BCUT2D eigenvalue weighted by Gasteiger charge is -2.14. The number of hydrogen-bond donors (Lipinski definition) is 1. The van der Waals surface area contributed by atoms with E-state index < -0.39 is 0 Å². The van der Waals surface area contributed by atoms with E-state index in [-0.39, 0.29) is 6.04 Å². The summed E-state index contributed by atoms with van der Waals surface area (Å²) in [5.41, 5.74) is 1.68. The fraction of sp³-hybridized carbons (Fsp3) is 0.167. The highest BCUT2D eigenvalue weighted by Gasteiger charge is 2.12. The topological polar surface area (TPSA) is 70.8 Å². The van der Waals surface area contributed by atoms with Crippen LogP contribution in [-0.2, 0) is 0 Å². The normalized spacial score (nSPS) is 10.5. The van der Waals surface area contributed by atoms with Gasteiger partial charge in [0, 0.05) is 17.5 Å². The molecule has 0 bridgehead atoms. The van der Waals surface area contributed by atoms with Crippen molar-refractivity contribution in [1.29, 1.82) is 5.26 Å². The zero-order valence-electron chi connectivity index (χ0n) is 12.9. The van der Waals surface area contributed by atoms with Crippen molar-refractivity contribution in [2.24, 2.45) is 0 Å². The molecule has 0 aliphatic carbocycles. The summed E-state index contributed by atoms with van der Waals surface area (Å²) in [6, 6.07) is 17.4. The van der Waals surface area contributed by atoms with Crippen molar-refractivity contribution < 1.29 is 4.74 Å². The highest BCUT2D eigenvalue weighted by molar-refractivity contribution is 5.93. The fourth-order valence-corrected chi connectivity index (χ4v) is 2.29. The van der Waals surface area contributed by atoms with Crippen LogP contribution in [0.2, 0.25) is 0 Å². The molecule has 23 heavy (non-hydrogen) atoms. The SMILES string of the molecule is CC(C)Nc1c(C#N)nnc2cc(Oc3ccccc3)ccc12. The largest absolute Gasteiger partial charge is 0.457 e. The second-order valence-electron chi connectivity index (χ2n) is 5.43. The van der Waals surface area contributed by atoms with Gasteiger partial charge >= 0.3 is 0 Å². The van der Waals surface area contributed by atoms with Crippen molar-refractivity contribution in [2.45, 2.75) is 19.9 Å². The summed E-state index contributed by atoms with van der Waals surface area (Å²) in [5.74, 6) is 1.44. The Balaban J connectivity index is 2.02. The van der Waals surface area contributed by atoms with Gasteiger partial charge in [-0.2, -0.15) is 5.26 Å². The lowest BCUT2D eigenvalue weighted by atomic mass is 10.1. The van der Waals surface area contributed by atoms with Crippen molar-refractivity contribution in [3.63, 3.8) is 0 Å². The lowest BCUT2D eigenvalue weighted by Crippen LogP contribution is -2.12. The molecule has 0 radical (unpaired) electrons. The zero-order chi connectivity index (χ0) is 16.2. The minimum atomic E-state index is 0.190. The van der Waals surface area contributed by atoms with Gasteiger partial charge in [0.25, 0.3) is 0 Å². The fourth-order valence-electron chi connectivity index (χ4n) is 2.29. The molecule has 0 aliphatic rings. The summed E-state index contributed by atoms with van der Waals surface area (Å²) in [5, 5.41) is 21.5. The molecule has 5 nitrogen and oxygen atoms in total. The molecular weight excluding hydrogens is 288 g/mol. The van der Waals surface area contributed by atoms with Crippen LogP contribution in [0.1, 0.15) is 19.5 Å². The number of nitrogens with one attached hydrogen (secondary N) is 1. The maximum Gasteiger partial charge on any atom is 0.186 e. The number of hydrogen-bond acceptors (Lipinski definition) is 5. The molecular formula is C18H16N4O. The molecule has 0 saturated carbocycles. The Bertz CT molecular complexity index is 869. The van der Waals surface area contributed by atoms with Gasteiger partial charge in [0.2, 0.25) is 0 Å². The first-order chi connectivity index (χ1) is 11.2. The van der Waals surface area contributed by atoms with Crippen LogP contribution in [0.5, 0.6) is 11.5 Å². The van der Waals surface area contributed by atoms with Gasteiger partial charge in [0.05, 0.1) is 11.2 Å². The molecule has 2 aromatic carbocycles. The molecule has 1 N–H and O–H groups in total. The van der Waals surface area contributed by atoms with Crippen molar-refractivity contribution >= 4 is 16.6 Å². The summed E-state index contributed by atoms with van der Waals surface area (Å²) in [6.07, 6.45) is 0. The molecule has 0 spiro atoms. The van der Waals surface area contributed by atoms with Gasteiger partial charge in [-0.15, -0.1) is 10.2 Å². The van der Waals surface area contributed by atoms with E-state index >= 15 is 0 Å². The molecule has 0 saturated heterocycles. The van der Waals surface area contributed by atoms with Crippen LogP contribution in [0.15, 0.2) is 48.5 Å². The summed E-state index contributed by atoms with van der Waals surface area (Å²) in [7, 11) is 0. The Hall–Kier alpha value is -3.13. The second kappa shape index (κ2) is 6.32. The first-order valence-corrected chi connectivity index (χ1v) is 7.37. The van der Waals surface area contributed by atoms with Crippen molar-refractivity contribution in [3.05, 3.63) is 54.2 Å². The Kier molecular flexibility index (Phi) is 4.07. The molecule has 0 unspecified atom stereocenters. The van der Waals surface area contributed by atoms with E-state index in [2.05, 4.69) is 21.6 Å². The third-order valence-corrected chi connectivity index (χ3v) is 3.25. The molecule has 3 rings (SSSR count). The number of ether oxygens (including phenoxy) is 1. The van der Waals surface area contributed by atoms with Gasteiger partial charge in [-0.1, -0.05) is 18.2 Å². The minimum absolute atomic E-state index is 0.190. The number of anilines is 1. The third-order valence-electron chi connectivity index (χ3n) is 3.25. The molecule has 0 atom stereocenters. The summed E-state index contributed by atoms with van der Waals surface area (Å²) in [4.78, 5) is 0. The monoisotopic (exact) mass is 304 g/mol. The highest BCUT2D eigenvalue weighted by Crippen LogP contribution is 2.29. The van der Waals surface area contributed by atoms with Gasteiger partial charge in [-0.25, -0.2) is 0 Å². The Morgan fingerprint density at radius 2 is 1.83 bits per heavy atom. The van der Waals surface area contributed by atoms with E-state index in [1.54, 1.807) is 0 Å². The molecule has 1 heterocycles. The summed E-state index contributed by atoms with van der Waals surface area (Å²) < 4.78 is 5.81. The summed E-state index contributed by atoms with van der Waals surface area (Å²) in [6.45, 7) is 4.03. The van der Waals surface area contributed by atoms with Gasteiger partial charge in [-0.3, -0.25) is 0 Å². The molecule has 5 heteroatoms. The van der Waals surface area contributed by atoms with Crippen LogP contribution >= 0.6 is 0 Å². The number of para-hydroxylation sites is 1. The standard InChI is InChI=1S/C18H16N4O/c1-12(2)20-18-15-9-8-14(23-13-6-4-3-5-7-13)10-16(15)21-22-17(18)11-19/h3-10,12H,1-2H3,(H,20,21). The van der Waals surface area contributed by atoms with Crippen LogP contribution in [0.25, 0.3) is 10.9 Å². The van der Waals surface area contributed by atoms with Crippen molar-refractivity contribution in [1.82, 2.24) is 10.2 Å². The van der Waals surface area contributed by atoms with Gasteiger partial charge < -0.3 is 10.1 Å². The molecule has 114 valence electrons. The Labute approximate surface area is 134 Å². The maximum atomic E-state index is 9.22. The zero-order valence-corrected chi connectivity index (χ0v) is 12.9. The van der Waals surface area contributed by atoms with E-state index in [4.69, 9.17) is 4.74 Å². The van der Waals surface area contributed by atoms with E-state index in [1.807, 2.05) is 62.4 Å². The average Bonchev–Trinajstić information content (AvgIpc) is 2.55. The van der Waals surface area contributed by atoms with Crippen LogP contribution < -0.4 is 10.1 Å². The predicted molar refractivity (Wildman–Crippen MR) is 89.5 cm³/mol. The van der Waals surface area contributed by atoms with E-state index in [1.165, 1.54) is 0 Å². The van der Waals surface area contributed by atoms with Crippen molar-refractivity contribution in [2.75, 3.05) is 5.32 Å². The summed E-state index contributed by atoms with van der Waals surface area (Å²) >= 11 is 0. The molecule has 0 aliphatic heterocycles. The molecule has 0 fully saturated rings. The van der Waals surface area contributed by atoms with Crippen LogP contribution in [0.4, 0.5) is 5.69 Å². The van der Waals surface area contributed by atoms with E-state index in [0.29, 0.717) is 22.6 Å². The van der Waals surface area contributed by atoms with Gasteiger partial charge in [0.15, 0.2) is 5.69 Å². The lowest BCUT2D eigenvalue weighted by molar-refractivity contribution is 0.483. The number of rotatable bonds is 4. The van der Waals surface area contributed by atoms with Crippen LogP contribution in [0.3, 0.4) is 0 Å².